The molecule has 5 heteroatoms. The molecule has 2 unspecified atom stereocenters. The van der Waals surface area contributed by atoms with E-state index in [-0.39, 0.29) is 11.8 Å². The summed E-state index contributed by atoms with van der Waals surface area (Å²) in [5, 5.41) is 23.9. The zero-order valence-electron chi connectivity index (χ0n) is 12.7. The highest BCUT2D eigenvalue weighted by molar-refractivity contribution is 6.30. The lowest BCUT2D eigenvalue weighted by molar-refractivity contribution is 0.167. The number of halogens is 1. The molecule has 3 N–H and O–H groups in total. The largest absolute Gasteiger partial charge is 0.508 e. The van der Waals surface area contributed by atoms with Gasteiger partial charge in [0.2, 0.25) is 0 Å². The van der Waals surface area contributed by atoms with Crippen LogP contribution in [0.5, 0.6) is 11.5 Å². The Hall–Kier alpha value is -1.75. The van der Waals surface area contributed by atoms with Gasteiger partial charge in [-0.3, -0.25) is 0 Å². The van der Waals surface area contributed by atoms with Crippen molar-refractivity contribution in [1.29, 1.82) is 0 Å². The normalized spacial score (nSPS) is 18.6. The fraction of sp³-hybridized carbons (Fsp3) is 0.333. The second-order valence-electron chi connectivity index (χ2n) is 5.81. The number of ether oxygens (including phenoxy) is 1. The molecule has 23 heavy (non-hydrogen) atoms. The van der Waals surface area contributed by atoms with Crippen molar-refractivity contribution in [2.24, 2.45) is 0 Å². The Balaban J connectivity index is 1.62. The first kappa shape index (κ1) is 16.1. The van der Waals surface area contributed by atoms with Gasteiger partial charge in [0, 0.05) is 17.6 Å². The van der Waals surface area contributed by atoms with E-state index in [1.165, 1.54) is 0 Å². The molecule has 4 nitrogen and oxygen atoms in total. The topological polar surface area (TPSA) is 61.7 Å². The van der Waals surface area contributed by atoms with Gasteiger partial charge in [-0.2, -0.15) is 0 Å². The number of nitrogens with one attached hydrogen (secondary N) is 1. The molecule has 0 saturated heterocycles. The Kier molecular flexibility index (Phi) is 5.06. The van der Waals surface area contributed by atoms with Gasteiger partial charge < -0.3 is 20.3 Å². The van der Waals surface area contributed by atoms with Crippen LogP contribution < -0.4 is 10.1 Å². The molecule has 1 aliphatic rings. The summed E-state index contributed by atoms with van der Waals surface area (Å²) in [4.78, 5) is 0. The average molecular weight is 334 g/mol. The van der Waals surface area contributed by atoms with Gasteiger partial charge in [0.15, 0.2) is 0 Å². The van der Waals surface area contributed by atoms with E-state index in [0.29, 0.717) is 18.2 Å². The van der Waals surface area contributed by atoms with Crippen LogP contribution in [0.15, 0.2) is 42.5 Å². The Morgan fingerprint density at radius 1 is 1.26 bits per heavy atom. The lowest BCUT2D eigenvalue weighted by Crippen LogP contribution is -2.34. The van der Waals surface area contributed by atoms with E-state index >= 15 is 0 Å². The minimum absolute atomic E-state index is 0.187. The standard InChI is InChI=1S/C18H20ClNO3/c19-14-3-1-2-12(8-14)17(22)11-20-15-6-7-23-18-5-4-16(21)10-13(18)9-15/h1-5,8,10,15,17,20-22H,6-7,9,11H2. The number of aliphatic hydroxyl groups excluding tert-OH is 1. The highest BCUT2D eigenvalue weighted by Crippen LogP contribution is 2.28. The lowest BCUT2D eigenvalue weighted by atomic mass is 10.0. The van der Waals surface area contributed by atoms with Crippen molar-refractivity contribution in [3.05, 3.63) is 58.6 Å². The number of aromatic hydroxyl groups is 1. The highest BCUT2D eigenvalue weighted by atomic mass is 35.5. The Labute approximate surface area is 140 Å². The van der Waals surface area contributed by atoms with E-state index in [1.54, 1.807) is 30.3 Å². The van der Waals surface area contributed by atoms with E-state index < -0.39 is 6.10 Å². The average Bonchev–Trinajstić information content (AvgIpc) is 2.74. The number of hydrogen-bond donors (Lipinski definition) is 3. The van der Waals surface area contributed by atoms with Crippen LogP contribution in [0, 0.1) is 0 Å². The number of benzene rings is 2. The molecule has 0 radical (unpaired) electrons. The second-order valence-corrected chi connectivity index (χ2v) is 6.25. The van der Waals surface area contributed by atoms with Crippen molar-refractivity contribution < 1.29 is 14.9 Å². The fourth-order valence-corrected chi connectivity index (χ4v) is 3.03. The number of phenolic OH excluding ortho intramolecular Hbond substituents is 1. The summed E-state index contributed by atoms with van der Waals surface area (Å²) < 4.78 is 5.71. The van der Waals surface area contributed by atoms with Gasteiger partial charge in [-0.25, -0.2) is 0 Å². The quantitative estimate of drug-likeness (QED) is 0.804. The molecule has 0 saturated carbocycles. The number of fused-ring (bicyclic) bond motifs is 1. The first-order valence-electron chi connectivity index (χ1n) is 7.73. The van der Waals surface area contributed by atoms with Gasteiger partial charge >= 0.3 is 0 Å². The number of aliphatic hydroxyl groups is 1. The van der Waals surface area contributed by atoms with Gasteiger partial charge in [0.1, 0.15) is 11.5 Å². The van der Waals surface area contributed by atoms with Crippen LogP contribution >= 0.6 is 11.6 Å². The van der Waals surface area contributed by atoms with Crippen LogP contribution in [0.2, 0.25) is 5.02 Å². The molecule has 2 aromatic rings. The molecule has 0 spiro atoms. The summed E-state index contributed by atoms with van der Waals surface area (Å²) in [6, 6.07) is 12.6. The monoisotopic (exact) mass is 333 g/mol. The maximum atomic E-state index is 10.3. The minimum Gasteiger partial charge on any atom is -0.508 e. The summed E-state index contributed by atoms with van der Waals surface area (Å²) >= 11 is 5.96. The third kappa shape index (κ3) is 4.16. The molecule has 122 valence electrons. The van der Waals surface area contributed by atoms with E-state index in [0.717, 1.165) is 29.7 Å². The molecule has 3 rings (SSSR count). The van der Waals surface area contributed by atoms with Gasteiger partial charge in [-0.1, -0.05) is 23.7 Å². The zero-order valence-corrected chi connectivity index (χ0v) is 13.5. The Bertz CT molecular complexity index is 677. The van der Waals surface area contributed by atoms with Gasteiger partial charge in [-0.05, 0) is 54.3 Å². The number of hydrogen-bond acceptors (Lipinski definition) is 4. The van der Waals surface area contributed by atoms with Gasteiger partial charge in [0.05, 0.1) is 12.7 Å². The SMILES string of the molecule is Oc1ccc2c(c1)CC(NCC(O)c1cccc(Cl)c1)CCO2. The van der Waals surface area contributed by atoms with Crippen LogP contribution in [-0.4, -0.2) is 29.4 Å². The Morgan fingerprint density at radius 2 is 2.13 bits per heavy atom. The van der Waals surface area contributed by atoms with Crippen molar-refractivity contribution in [2.45, 2.75) is 25.0 Å². The molecular formula is C18H20ClNO3. The summed E-state index contributed by atoms with van der Waals surface area (Å²) in [6.45, 7) is 1.06. The van der Waals surface area contributed by atoms with Crippen LogP contribution in [0.3, 0.4) is 0 Å². The molecular weight excluding hydrogens is 314 g/mol. The predicted octanol–water partition coefficient (Wildman–Crippen LogP) is 3.06. The zero-order chi connectivity index (χ0) is 16.2. The predicted molar refractivity (Wildman–Crippen MR) is 90.1 cm³/mol. The van der Waals surface area contributed by atoms with Gasteiger partial charge in [0.25, 0.3) is 0 Å². The molecule has 0 aromatic heterocycles. The molecule has 0 aliphatic carbocycles. The third-order valence-corrected chi connectivity index (χ3v) is 4.30. The first-order valence-corrected chi connectivity index (χ1v) is 8.11. The molecule has 1 aliphatic heterocycles. The van der Waals surface area contributed by atoms with Crippen LogP contribution in [0.4, 0.5) is 0 Å². The molecule has 2 atom stereocenters. The van der Waals surface area contributed by atoms with Crippen molar-refractivity contribution in [2.75, 3.05) is 13.2 Å². The molecule has 1 heterocycles. The van der Waals surface area contributed by atoms with Crippen molar-refractivity contribution >= 4 is 11.6 Å². The maximum Gasteiger partial charge on any atom is 0.122 e. The molecule has 2 aromatic carbocycles. The van der Waals surface area contributed by atoms with Crippen LogP contribution in [0.1, 0.15) is 23.7 Å². The minimum atomic E-state index is -0.610. The van der Waals surface area contributed by atoms with Gasteiger partial charge in [-0.15, -0.1) is 0 Å². The summed E-state index contributed by atoms with van der Waals surface area (Å²) in [6.07, 6.45) is 0.991. The molecule has 0 amide bonds. The fourth-order valence-electron chi connectivity index (χ4n) is 2.83. The van der Waals surface area contributed by atoms with Crippen LogP contribution in [0.25, 0.3) is 0 Å². The van der Waals surface area contributed by atoms with E-state index in [4.69, 9.17) is 16.3 Å². The summed E-state index contributed by atoms with van der Waals surface area (Å²) in [5.74, 6) is 1.06. The van der Waals surface area contributed by atoms with Crippen molar-refractivity contribution in [3.8, 4) is 11.5 Å². The number of phenols is 1. The van der Waals surface area contributed by atoms with Crippen molar-refractivity contribution in [1.82, 2.24) is 5.32 Å². The third-order valence-electron chi connectivity index (χ3n) is 4.07. The molecule has 0 bridgehead atoms. The highest BCUT2D eigenvalue weighted by Gasteiger charge is 2.19. The molecule has 0 fully saturated rings. The van der Waals surface area contributed by atoms with E-state index in [1.807, 2.05) is 12.1 Å². The lowest BCUT2D eigenvalue weighted by Gasteiger charge is -2.19. The summed E-state index contributed by atoms with van der Waals surface area (Å²) in [5.41, 5.74) is 1.78. The second kappa shape index (κ2) is 7.21. The smallest absolute Gasteiger partial charge is 0.122 e. The van der Waals surface area contributed by atoms with E-state index in [2.05, 4.69) is 5.32 Å². The van der Waals surface area contributed by atoms with Crippen LogP contribution in [-0.2, 0) is 6.42 Å². The maximum absolute atomic E-state index is 10.3. The van der Waals surface area contributed by atoms with E-state index in [9.17, 15) is 10.2 Å². The first-order chi connectivity index (χ1) is 11.1. The van der Waals surface area contributed by atoms with Crippen molar-refractivity contribution in [3.63, 3.8) is 0 Å². The Morgan fingerprint density at radius 3 is 2.96 bits per heavy atom. The summed E-state index contributed by atoms with van der Waals surface area (Å²) in [7, 11) is 0. The number of rotatable bonds is 4.